The number of halogens is 1. The van der Waals surface area contributed by atoms with Crippen LogP contribution in [0.3, 0.4) is 0 Å². The van der Waals surface area contributed by atoms with Crippen molar-refractivity contribution in [3.05, 3.63) is 27.0 Å². The lowest BCUT2D eigenvalue weighted by Gasteiger charge is -2.38. The van der Waals surface area contributed by atoms with Crippen molar-refractivity contribution >= 4 is 54.3 Å². The molecule has 0 N–H and O–H groups in total. The van der Waals surface area contributed by atoms with E-state index in [9.17, 15) is 4.79 Å². The van der Waals surface area contributed by atoms with Gasteiger partial charge in [0.25, 0.3) is 0 Å². The fraction of sp³-hybridized carbons (Fsp3) is 0.385. The van der Waals surface area contributed by atoms with Crippen molar-refractivity contribution in [2.24, 2.45) is 5.11 Å². The average Bonchev–Trinajstić information content (AvgIpc) is 2.94. The Morgan fingerprint density at radius 2 is 2.26 bits per heavy atom. The second-order valence-corrected chi connectivity index (χ2v) is 7.00. The van der Waals surface area contributed by atoms with Gasteiger partial charge in [-0.1, -0.05) is 16.5 Å². The predicted molar refractivity (Wildman–Crippen MR) is 93.9 cm³/mol. The molecule has 8 nitrogen and oxygen atoms in total. The third kappa shape index (κ3) is 2.98. The zero-order valence-corrected chi connectivity index (χ0v) is 15.0. The third-order valence-electron chi connectivity index (χ3n) is 3.49. The van der Waals surface area contributed by atoms with Gasteiger partial charge in [0.1, 0.15) is 0 Å². The molecule has 0 saturated carbocycles. The molecule has 0 bridgehead atoms. The van der Waals surface area contributed by atoms with Crippen molar-refractivity contribution < 1.29 is 4.79 Å². The summed E-state index contributed by atoms with van der Waals surface area (Å²) in [5.74, 6) is 0. The number of urea groups is 1. The van der Waals surface area contributed by atoms with Gasteiger partial charge in [0.2, 0.25) is 0 Å². The van der Waals surface area contributed by atoms with Crippen LogP contribution in [0.25, 0.3) is 20.7 Å². The number of anilines is 1. The van der Waals surface area contributed by atoms with E-state index in [1.165, 1.54) is 11.3 Å². The number of nitrogens with zero attached hydrogens (tertiary/aromatic N) is 7. The van der Waals surface area contributed by atoms with Crippen molar-refractivity contribution in [3.8, 4) is 0 Å². The number of rotatable bonds is 3. The Hall–Kier alpha value is -1.87. The van der Waals surface area contributed by atoms with Gasteiger partial charge in [0.05, 0.1) is 23.6 Å². The zero-order valence-electron chi connectivity index (χ0n) is 12.6. The Bertz CT molecular complexity index is 816. The summed E-state index contributed by atoms with van der Waals surface area (Å²) in [7, 11) is 1.96. The molecule has 1 fully saturated rings. The summed E-state index contributed by atoms with van der Waals surface area (Å²) in [5.41, 5.74) is 9.76. The molecule has 0 aliphatic carbocycles. The van der Waals surface area contributed by atoms with Crippen molar-refractivity contribution in [1.29, 1.82) is 0 Å². The van der Waals surface area contributed by atoms with E-state index >= 15 is 0 Å². The van der Waals surface area contributed by atoms with Crippen molar-refractivity contribution in [3.63, 3.8) is 0 Å². The van der Waals surface area contributed by atoms with Crippen LogP contribution in [0.15, 0.2) is 21.7 Å². The van der Waals surface area contributed by atoms with Crippen LogP contribution in [0.2, 0.25) is 0 Å². The van der Waals surface area contributed by atoms with Gasteiger partial charge in [0, 0.05) is 21.6 Å². The summed E-state index contributed by atoms with van der Waals surface area (Å²) in [5, 5.41) is 4.24. The van der Waals surface area contributed by atoms with E-state index in [0.717, 1.165) is 9.17 Å². The average molecular weight is 396 g/mol. The summed E-state index contributed by atoms with van der Waals surface area (Å²) in [6.07, 6.45) is 0. The third-order valence-corrected chi connectivity index (χ3v) is 5.50. The van der Waals surface area contributed by atoms with E-state index in [0.29, 0.717) is 36.2 Å². The lowest BCUT2D eigenvalue weighted by atomic mass is 10.3. The minimum atomic E-state index is -0.0453. The lowest BCUT2D eigenvalue weighted by molar-refractivity contribution is 0.136. The molecule has 0 radical (unpaired) electrons. The summed E-state index contributed by atoms with van der Waals surface area (Å²) in [4.78, 5) is 25.4. The molecule has 0 spiro atoms. The number of hydrogen-bond acceptors (Lipinski definition) is 5. The monoisotopic (exact) mass is 395 g/mol. The maximum atomic E-state index is 12.5. The smallest absolute Gasteiger partial charge is 0.312 e. The number of carbonyl (C=O) groups excluding carboxylic acids is 1. The number of hydrogen-bond donors (Lipinski definition) is 0. The fourth-order valence-electron chi connectivity index (χ4n) is 2.44. The van der Waals surface area contributed by atoms with Gasteiger partial charge in [0.15, 0.2) is 5.13 Å². The Kier molecular flexibility index (Phi) is 4.40. The SMILES string of the molecule is CCN1CN(C)CN(c2nc3cc(N=[N+]=[N-])cc(Br)c3s2)C1=O. The first-order chi connectivity index (χ1) is 11.0. The number of amides is 2. The van der Waals surface area contributed by atoms with Crippen LogP contribution in [0.4, 0.5) is 15.6 Å². The molecular formula is C13H14BrN7OS. The molecule has 3 rings (SSSR count). The highest BCUT2D eigenvalue weighted by atomic mass is 79.9. The van der Waals surface area contributed by atoms with Gasteiger partial charge in [-0.25, -0.2) is 9.78 Å². The first-order valence-corrected chi connectivity index (χ1v) is 8.54. The normalized spacial score (nSPS) is 16.0. The molecule has 0 unspecified atom stereocenters. The summed E-state index contributed by atoms with van der Waals surface area (Å²) in [6.45, 7) is 3.71. The zero-order chi connectivity index (χ0) is 16.6. The minimum absolute atomic E-state index is 0.0453. The molecule has 2 amide bonds. The van der Waals surface area contributed by atoms with Gasteiger partial charge in [-0.3, -0.25) is 9.80 Å². The molecule has 10 heteroatoms. The summed E-state index contributed by atoms with van der Waals surface area (Å²) >= 11 is 4.90. The second kappa shape index (κ2) is 6.32. The van der Waals surface area contributed by atoms with Gasteiger partial charge >= 0.3 is 6.03 Å². The summed E-state index contributed by atoms with van der Waals surface area (Å²) < 4.78 is 1.72. The molecule has 23 heavy (non-hydrogen) atoms. The largest absolute Gasteiger partial charge is 0.328 e. The molecular weight excluding hydrogens is 382 g/mol. The molecule has 1 aliphatic rings. The Labute approximate surface area is 145 Å². The first-order valence-electron chi connectivity index (χ1n) is 6.93. The van der Waals surface area contributed by atoms with E-state index in [1.54, 1.807) is 21.9 Å². The summed E-state index contributed by atoms with van der Waals surface area (Å²) in [6, 6.07) is 3.42. The molecule has 1 aliphatic heterocycles. The predicted octanol–water partition coefficient (Wildman–Crippen LogP) is 4.11. The van der Waals surface area contributed by atoms with E-state index in [2.05, 4.69) is 35.8 Å². The van der Waals surface area contributed by atoms with Crippen LogP contribution in [-0.2, 0) is 0 Å². The molecule has 2 heterocycles. The minimum Gasteiger partial charge on any atom is -0.312 e. The van der Waals surface area contributed by atoms with E-state index in [1.807, 2.05) is 14.0 Å². The molecule has 1 saturated heterocycles. The van der Waals surface area contributed by atoms with E-state index in [-0.39, 0.29) is 6.03 Å². The highest BCUT2D eigenvalue weighted by molar-refractivity contribution is 9.10. The van der Waals surface area contributed by atoms with Gasteiger partial charge < -0.3 is 4.90 Å². The van der Waals surface area contributed by atoms with Crippen molar-refractivity contribution in [2.45, 2.75) is 6.92 Å². The van der Waals surface area contributed by atoms with Crippen LogP contribution >= 0.6 is 27.3 Å². The number of fused-ring (bicyclic) bond motifs is 1. The Morgan fingerprint density at radius 1 is 1.48 bits per heavy atom. The van der Waals surface area contributed by atoms with Crippen molar-refractivity contribution in [2.75, 3.05) is 31.8 Å². The van der Waals surface area contributed by atoms with Crippen LogP contribution in [0.5, 0.6) is 0 Å². The highest BCUT2D eigenvalue weighted by Crippen LogP contribution is 2.37. The first kappa shape index (κ1) is 16.0. The number of thiazole rings is 1. The van der Waals surface area contributed by atoms with Crippen LogP contribution in [0.1, 0.15) is 6.92 Å². The quantitative estimate of drug-likeness (QED) is 0.444. The second-order valence-electron chi connectivity index (χ2n) is 5.17. The maximum absolute atomic E-state index is 12.5. The van der Waals surface area contributed by atoms with Gasteiger partial charge in [-0.05, 0) is 47.6 Å². The van der Waals surface area contributed by atoms with Crippen molar-refractivity contribution in [1.82, 2.24) is 14.8 Å². The number of azide groups is 1. The van der Waals surface area contributed by atoms with Gasteiger partial charge in [-0.2, -0.15) is 0 Å². The molecule has 120 valence electrons. The van der Waals surface area contributed by atoms with Crippen LogP contribution < -0.4 is 4.90 Å². The number of carbonyl (C=O) groups is 1. The van der Waals surface area contributed by atoms with E-state index in [4.69, 9.17) is 5.53 Å². The highest BCUT2D eigenvalue weighted by Gasteiger charge is 2.30. The Balaban J connectivity index is 2.04. The topological polar surface area (TPSA) is 88.4 Å². The van der Waals surface area contributed by atoms with Crippen LogP contribution in [0, 0.1) is 0 Å². The molecule has 1 aromatic carbocycles. The fourth-order valence-corrected chi connectivity index (χ4v) is 4.06. The van der Waals surface area contributed by atoms with Crippen LogP contribution in [-0.4, -0.2) is 47.7 Å². The standard InChI is InChI=1S/C13H14BrN7OS/c1-3-20-6-19(2)7-21(13(20)22)12-16-10-5-8(17-18-15)4-9(14)11(10)23-12/h4-5H,3,6-7H2,1-2H3. The lowest BCUT2D eigenvalue weighted by Crippen LogP contribution is -2.56. The molecule has 2 aromatic rings. The molecule has 1 aromatic heterocycles. The maximum Gasteiger partial charge on any atom is 0.328 e. The Morgan fingerprint density at radius 3 is 2.96 bits per heavy atom. The number of aromatic nitrogens is 1. The number of benzene rings is 1. The van der Waals surface area contributed by atoms with E-state index < -0.39 is 0 Å². The molecule has 0 atom stereocenters. The van der Waals surface area contributed by atoms with Gasteiger partial charge in [-0.15, -0.1) is 0 Å².